The molecule has 1 fully saturated rings. The molecule has 0 saturated carbocycles. The molecule has 1 N–H and O–H groups in total. The van der Waals surface area contributed by atoms with Gasteiger partial charge >= 0.3 is 0 Å². The standard InChI is InChI=1S/C16H22FNO2/c1-11(2)16(20)18-9-7-13(8-10-18)15(19)12-3-5-14(17)6-4-12/h3-6,11,13,15,19H,7-10H2,1-2H3. The number of likely N-dealkylation sites (tertiary alicyclic amines) is 1. The Morgan fingerprint density at radius 2 is 1.80 bits per heavy atom. The Morgan fingerprint density at radius 1 is 1.25 bits per heavy atom. The molecule has 0 spiro atoms. The van der Waals surface area contributed by atoms with Gasteiger partial charge in [0.15, 0.2) is 0 Å². The molecule has 1 heterocycles. The lowest BCUT2D eigenvalue weighted by Gasteiger charge is -2.35. The van der Waals surface area contributed by atoms with E-state index in [1.807, 2.05) is 18.7 Å². The third-order valence-electron chi connectivity index (χ3n) is 4.00. The minimum atomic E-state index is -0.577. The van der Waals surface area contributed by atoms with E-state index in [1.165, 1.54) is 12.1 Å². The van der Waals surface area contributed by atoms with Gasteiger partial charge in [-0.1, -0.05) is 26.0 Å². The van der Waals surface area contributed by atoms with E-state index in [9.17, 15) is 14.3 Å². The maximum Gasteiger partial charge on any atom is 0.225 e. The fourth-order valence-corrected chi connectivity index (χ4v) is 2.73. The molecule has 0 bridgehead atoms. The molecule has 1 atom stereocenters. The van der Waals surface area contributed by atoms with Crippen molar-refractivity contribution in [2.24, 2.45) is 11.8 Å². The van der Waals surface area contributed by atoms with E-state index >= 15 is 0 Å². The van der Waals surface area contributed by atoms with Gasteiger partial charge in [-0.25, -0.2) is 4.39 Å². The first-order chi connectivity index (χ1) is 9.49. The largest absolute Gasteiger partial charge is 0.388 e. The van der Waals surface area contributed by atoms with E-state index in [2.05, 4.69) is 0 Å². The second-order valence-corrected chi connectivity index (χ2v) is 5.81. The Bertz CT molecular complexity index is 450. The van der Waals surface area contributed by atoms with Gasteiger partial charge in [-0.15, -0.1) is 0 Å². The summed E-state index contributed by atoms with van der Waals surface area (Å²) in [4.78, 5) is 13.8. The highest BCUT2D eigenvalue weighted by Crippen LogP contribution is 2.31. The zero-order chi connectivity index (χ0) is 14.7. The van der Waals surface area contributed by atoms with Crippen LogP contribution in [0, 0.1) is 17.7 Å². The molecule has 4 heteroatoms. The highest BCUT2D eigenvalue weighted by atomic mass is 19.1. The lowest BCUT2D eigenvalue weighted by Crippen LogP contribution is -2.41. The zero-order valence-electron chi connectivity index (χ0n) is 12.1. The van der Waals surface area contributed by atoms with E-state index in [0.29, 0.717) is 13.1 Å². The normalized spacial score (nSPS) is 18.4. The van der Waals surface area contributed by atoms with Crippen LogP contribution >= 0.6 is 0 Å². The number of amides is 1. The topological polar surface area (TPSA) is 40.5 Å². The number of nitrogens with zero attached hydrogens (tertiary/aromatic N) is 1. The Kier molecular flexibility index (Phi) is 4.76. The lowest BCUT2D eigenvalue weighted by atomic mass is 9.87. The molecule has 1 saturated heterocycles. The van der Waals surface area contributed by atoms with Gasteiger partial charge in [0.25, 0.3) is 0 Å². The number of aliphatic hydroxyl groups is 1. The number of aliphatic hydroxyl groups excluding tert-OH is 1. The predicted molar refractivity (Wildman–Crippen MR) is 75.5 cm³/mol. The number of carbonyl (C=O) groups excluding carboxylic acids is 1. The van der Waals surface area contributed by atoms with Gasteiger partial charge in [-0.05, 0) is 36.5 Å². The predicted octanol–water partition coefficient (Wildman–Crippen LogP) is 2.75. The minimum Gasteiger partial charge on any atom is -0.388 e. The van der Waals surface area contributed by atoms with E-state index in [0.717, 1.165) is 18.4 Å². The molecule has 1 aliphatic rings. The fraction of sp³-hybridized carbons (Fsp3) is 0.562. The molecule has 0 radical (unpaired) electrons. The van der Waals surface area contributed by atoms with Crippen molar-refractivity contribution in [3.8, 4) is 0 Å². The second kappa shape index (κ2) is 6.35. The molecule has 1 amide bonds. The van der Waals surface area contributed by atoms with Crippen LogP contribution in [0.1, 0.15) is 38.4 Å². The lowest BCUT2D eigenvalue weighted by molar-refractivity contribution is -0.136. The van der Waals surface area contributed by atoms with Gasteiger partial charge in [-0.2, -0.15) is 0 Å². The first-order valence-corrected chi connectivity index (χ1v) is 7.21. The van der Waals surface area contributed by atoms with Gasteiger partial charge in [0, 0.05) is 19.0 Å². The monoisotopic (exact) mass is 279 g/mol. The molecule has 1 aliphatic heterocycles. The third kappa shape index (κ3) is 3.37. The Balaban J connectivity index is 1.93. The Hall–Kier alpha value is -1.42. The fourth-order valence-electron chi connectivity index (χ4n) is 2.73. The van der Waals surface area contributed by atoms with E-state index in [1.54, 1.807) is 12.1 Å². The van der Waals surface area contributed by atoms with Gasteiger partial charge in [0.2, 0.25) is 5.91 Å². The first kappa shape index (κ1) is 15.0. The number of hydrogen-bond acceptors (Lipinski definition) is 2. The quantitative estimate of drug-likeness (QED) is 0.924. The molecule has 20 heavy (non-hydrogen) atoms. The average Bonchev–Trinajstić information content (AvgIpc) is 2.46. The smallest absolute Gasteiger partial charge is 0.225 e. The van der Waals surface area contributed by atoms with Crippen LogP contribution in [0.25, 0.3) is 0 Å². The van der Waals surface area contributed by atoms with Crippen LogP contribution < -0.4 is 0 Å². The minimum absolute atomic E-state index is 0.0218. The summed E-state index contributed by atoms with van der Waals surface area (Å²) in [6.07, 6.45) is 1.00. The molecule has 0 aromatic heterocycles. The second-order valence-electron chi connectivity index (χ2n) is 5.81. The molecule has 0 aliphatic carbocycles. The summed E-state index contributed by atoms with van der Waals surface area (Å²) in [6.45, 7) is 5.20. The molecular weight excluding hydrogens is 257 g/mol. The van der Waals surface area contributed by atoms with E-state index in [4.69, 9.17) is 0 Å². The van der Waals surface area contributed by atoms with Crippen molar-refractivity contribution < 1.29 is 14.3 Å². The molecule has 3 nitrogen and oxygen atoms in total. The van der Waals surface area contributed by atoms with Crippen molar-refractivity contribution >= 4 is 5.91 Å². The van der Waals surface area contributed by atoms with Gasteiger partial charge < -0.3 is 10.0 Å². The maximum absolute atomic E-state index is 12.9. The summed E-state index contributed by atoms with van der Waals surface area (Å²) in [7, 11) is 0. The van der Waals surface area contributed by atoms with Gasteiger partial charge in [-0.3, -0.25) is 4.79 Å². The van der Waals surface area contributed by atoms with Gasteiger partial charge in [0.05, 0.1) is 6.10 Å². The summed E-state index contributed by atoms with van der Waals surface area (Å²) in [5.41, 5.74) is 0.750. The van der Waals surface area contributed by atoms with Crippen molar-refractivity contribution in [3.63, 3.8) is 0 Å². The highest BCUT2D eigenvalue weighted by Gasteiger charge is 2.28. The molecule has 2 rings (SSSR count). The van der Waals surface area contributed by atoms with Crippen LogP contribution in [0.2, 0.25) is 0 Å². The van der Waals surface area contributed by atoms with Crippen molar-refractivity contribution in [2.45, 2.75) is 32.8 Å². The SMILES string of the molecule is CC(C)C(=O)N1CCC(C(O)c2ccc(F)cc2)CC1. The summed E-state index contributed by atoms with van der Waals surface area (Å²) in [5.74, 6) is 0.0447. The molecule has 1 unspecified atom stereocenters. The summed E-state index contributed by atoms with van der Waals surface area (Å²) >= 11 is 0. The van der Waals surface area contributed by atoms with Crippen LogP contribution in [0.15, 0.2) is 24.3 Å². The summed E-state index contributed by atoms with van der Waals surface area (Å²) in [6, 6.07) is 6.00. The molecule has 1 aromatic carbocycles. The first-order valence-electron chi connectivity index (χ1n) is 7.21. The summed E-state index contributed by atoms with van der Waals surface area (Å²) < 4.78 is 12.9. The molecular formula is C16H22FNO2. The Labute approximate surface area is 119 Å². The summed E-state index contributed by atoms with van der Waals surface area (Å²) in [5, 5.41) is 10.3. The average molecular weight is 279 g/mol. The van der Waals surface area contributed by atoms with Crippen molar-refractivity contribution in [1.82, 2.24) is 4.90 Å². The van der Waals surface area contributed by atoms with Gasteiger partial charge in [0.1, 0.15) is 5.82 Å². The molecule has 110 valence electrons. The number of halogens is 1. The van der Waals surface area contributed by atoms with Crippen LogP contribution in [0.3, 0.4) is 0 Å². The van der Waals surface area contributed by atoms with Crippen molar-refractivity contribution in [2.75, 3.05) is 13.1 Å². The van der Waals surface area contributed by atoms with Crippen molar-refractivity contribution in [1.29, 1.82) is 0 Å². The van der Waals surface area contributed by atoms with Crippen molar-refractivity contribution in [3.05, 3.63) is 35.6 Å². The Morgan fingerprint density at radius 3 is 2.30 bits per heavy atom. The van der Waals surface area contributed by atoms with Crippen LogP contribution in [-0.4, -0.2) is 29.0 Å². The maximum atomic E-state index is 12.9. The number of benzene rings is 1. The highest BCUT2D eigenvalue weighted by molar-refractivity contribution is 5.78. The number of piperidine rings is 1. The molecule has 1 aromatic rings. The number of carbonyl (C=O) groups is 1. The number of rotatable bonds is 3. The van der Waals surface area contributed by atoms with E-state index in [-0.39, 0.29) is 23.6 Å². The van der Waals surface area contributed by atoms with Crippen LogP contribution in [-0.2, 0) is 4.79 Å². The third-order valence-corrected chi connectivity index (χ3v) is 4.00. The van der Waals surface area contributed by atoms with E-state index < -0.39 is 6.10 Å². The zero-order valence-corrected chi connectivity index (χ0v) is 12.1. The van der Waals surface area contributed by atoms with Crippen LogP contribution in [0.4, 0.5) is 4.39 Å². The number of hydrogen-bond donors (Lipinski definition) is 1. The van der Waals surface area contributed by atoms with Crippen LogP contribution in [0.5, 0.6) is 0 Å².